The summed E-state index contributed by atoms with van der Waals surface area (Å²) in [7, 11) is 0. The van der Waals surface area contributed by atoms with Gasteiger partial charge in [0.2, 0.25) is 11.8 Å². The van der Waals surface area contributed by atoms with Gasteiger partial charge in [0.1, 0.15) is 11.0 Å². The average Bonchev–Trinajstić information content (AvgIpc) is 3.10. The van der Waals surface area contributed by atoms with E-state index in [2.05, 4.69) is 36.8 Å². The Morgan fingerprint density at radius 2 is 2.16 bits per heavy atom. The molecule has 3 rings (SSSR count). The molecule has 25 heavy (non-hydrogen) atoms. The van der Waals surface area contributed by atoms with E-state index >= 15 is 0 Å². The van der Waals surface area contributed by atoms with Crippen LogP contribution in [0.2, 0.25) is 0 Å². The topological polar surface area (TPSA) is 96.1 Å². The minimum Gasteiger partial charge on any atom is -0.463 e. The zero-order valence-electron chi connectivity index (χ0n) is 12.8. The van der Waals surface area contributed by atoms with E-state index in [0.29, 0.717) is 11.4 Å². The summed E-state index contributed by atoms with van der Waals surface area (Å²) in [6.45, 7) is 0. The Morgan fingerprint density at radius 3 is 2.88 bits per heavy atom. The number of amidine groups is 1. The second-order valence-corrected chi connectivity index (χ2v) is 7.13. The summed E-state index contributed by atoms with van der Waals surface area (Å²) in [5.74, 6) is 0.00700. The van der Waals surface area contributed by atoms with Crippen molar-refractivity contribution in [1.82, 2.24) is 5.32 Å². The lowest BCUT2D eigenvalue weighted by molar-refractivity contribution is -0.123. The van der Waals surface area contributed by atoms with Gasteiger partial charge in [0.05, 0.1) is 12.5 Å². The fraction of sp³-hybridized carbons (Fsp3) is 0.125. The molecule has 1 atom stereocenters. The molecular formula is C16H13BrN4O3S. The van der Waals surface area contributed by atoms with Crippen molar-refractivity contribution < 1.29 is 14.0 Å². The summed E-state index contributed by atoms with van der Waals surface area (Å²) in [6.07, 6.45) is 3.02. The van der Waals surface area contributed by atoms with Crippen molar-refractivity contribution >= 4 is 56.6 Å². The largest absolute Gasteiger partial charge is 0.463 e. The number of nitrogens with one attached hydrogen (secondary N) is 2. The third kappa shape index (κ3) is 5.04. The summed E-state index contributed by atoms with van der Waals surface area (Å²) in [6, 6.07) is 10.7. The van der Waals surface area contributed by atoms with Crippen LogP contribution in [0.4, 0.5) is 5.69 Å². The molecule has 1 aromatic carbocycles. The van der Waals surface area contributed by atoms with Crippen molar-refractivity contribution in [3.05, 3.63) is 52.9 Å². The van der Waals surface area contributed by atoms with Crippen LogP contribution in [0, 0.1) is 0 Å². The summed E-state index contributed by atoms with van der Waals surface area (Å²) in [5.41, 5.74) is 0.661. The number of nitrogens with zero attached hydrogens (tertiary/aromatic N) is 2. The van der Waals surface area contributed by atoms with Crippen molar-refractivity contribution in [2.45, 2.75) is 11.7 Å². The summed E-state index contributed by atoms with van der Waals surface area (Å²) < 4.78 is 6.02. The molecule has 128 valence electrons. The smallest absolute Gasteiger partial charge is 0.238 e. The van der Waals surface area contributed by atoms with Crippen molar-refractivity contribution in [3.8, 4) is 0 Å². The van der Waals surface area contributed by atoms with Gasteiger partial charge in [-0.1, -0.05) is 27.7 Å². The highest BCUT2D eigenvalue weighted by Gasteiger charge is 2.30. The number of hydrogen-bond acceptors (Lipinski definition) is 6. The number of halogens is 1. The second-order valence-electron chi connectivity index (χ2n) is 5.02. The summed E-state index contributed by atoms with van der Waals surface area (Å²) in [4.78, 5) is 24.2. The Bertz CT molecular complexity index is 818. The van der Waals surface area contributed by atoms with Gasteiger partial charge >= 0.3 is 0 Å². The van der Waals surface area contributed by atoms with Crippen molar-refractivity contribution in [2.75, 3.05) is 5.32 Å². The molecule has 0 aliphatic carbocycles. The molecular weight excluding hydrogens is 408 g/mol. The number of carbonyl (C=O) groups excluding carboxylic acids is 2. The third-order valence-electron chi connectivity index (χ3n) is 3.15. The number of rotatable bonds is 4. The van der Waals surface area contributed by atoms with Crippen LogP contribution in [0.5, 0.6) is 0 Å². The molecule has 0 spiro atoms. The van der Waals surface area contributed by atoms with Crippen molar-refractivity contribution in [2.24, 2.45) is 10.2 Å². The molecule has 2 N–H and O–H groups in total. The van der Waals surface area contributed by atoms with Gasteiger partial charge in [-0.05, 0) is 36.4 Å². The van der Waals surface area contributed by atoms with Crippen LogP contribution in [-0.2, 0) is 9.59 Å². The Morgan fingerprint density at radius 1 is 1.36 bits per heavy atom. The first-order chi connectivity index (χ1) is 12.1. The van der Waals surface area contributed by atoms with Crippen LogP contribution in [0.3, 0.4) is 0 Å². The average molecular weight is 421 g/mol. The summed E-state index contributed by atoms with van der Waals surface area (Å²) >= 11 is 4.49. The van der Waals surface area contributed by atoms with E-state index in [9.17, 15) is 9.59 Å². The maximum atomic E-state index is 12.4. The monoisotopic (exact) mass is 420 g/mol. The number of amides is 2. The lowest BCUT2D eigenvalue weighted by atomic mass is 10.2. The molecule has 2 heterocycles. The van der Waals surface area contributed by atoms with E-state index in [1.165, 1.54) is 12.5 Å². The fourth-order valence-electron chi connectivity index (χ4n) is 2.00. The SMILES string of the molecule is O=C1CC(C(=O)Nc2ccc(Br)cc2)S/C(=N\N=C/c2ccco2)N1. The highest BCUT2D eigenvalue weighted by molar-refractivity contribution is 9.10. The number of thioether (sulfide) groups is 1. The van der Waals surface area contributed by atoms with Gasteiger partial charge in [0.25, 0.3) is 0 Å². The Balaban J connectivity index is 1.64. The third-order valence-corrected chi connectivity index (χ3v) is 4.75. The van der Waals surface area contributed by atoms with E-state index in [1.807, 2.05) is 12.1 Å². The maximum Gasteiger partial charge on any atom is 0.238 e. The Kier molecular flexibility index (Phi) is 5.67. The highest BCUT2D eigenvalue weighted by atomic mass is 79.9. The molecule has 2 amide bonds. The van der Waals surface area contributed by atoms with Gasteiger partial charge in [-0.15, -0.1) is 5.10 Å². The van der Waals surface area contributed by atoms with Gasteiger partial charge < -0.3 is 15.1 Å². The Hall–Kier alpha value is -2.39. The van der Waals surface area contributed by atoms with Crippen LogP contribution in [0.15, 0.2) is 61.8 Å². The lowest BCUT2D eigenvalue weighted by Gasteiger charge is -2.21. The molecule has 7 nitrogen and oxygen atoms in total. The molecule has 0 radical (unpaired) electrons. The molecule has 2 aromatic rings. The zero-order chi connectivity index (χ0) is 17.6. The molecule has 1 unspecified atom stereocenters. The zero-order valence-corrected chi connectivity index (χ0v) is 15.2. The normalized spacial score (nSPS) is 19.2. The number of benzene rings is 1. The van der Waals surface area contributed by atoms with Crippen LogP contribution in [0.1, 0.15) is 12.2 Å². The van der Waals surface area contributed by atoms with E-state index < -0.39 is 5.25 Å². The molecule has 1 saturated heterocycles. The highest BCUT2D eigenvalue weighted by Crippen LogP contribution is 2.23. The minimum absolute atomic E-state index is 0.0773. The van der Waals surface area contributed by atoms with Crippen LogP contribution in [0.25, 0.3) is 0 Å². The van der Waals surface area contributed by atoms with E-state index in [1.54, 1.807) is 24.3 Å². The van der Waals surface area contributed by atoms with E-state index in [-0.39, 0.29) is 23.4 Å². The number of hydrogen-bond donors (Lipinski definition) is 2. The van der Waals surface area contributed by atoms with Gasteiger partial charge in [0, 0.05) is 16.6 Å². The fourth-order valence-corrected chi connectivity index (χ4v) is 3.20. The molecule has 9 heteroatoms. The molecule has 1 fully saturated rings. The standard InChI is InChI=1S/C16H13BrN4O3S/c17-10-3-5-11(6-4-10)19-15(23)13-8-14(22)20-16(25-13)21-18-9-12-2-1-7-24-12/h1-7,9,13H,8H2,(H,19,23)(H,20,21,22)/b18-9-. The second kappa shape index (κ2) is 8.13. The van der Waals surface area contributed by atoms with Crippen LogP contribution in [-0.4, -0.2) is 28.4 Å². The van der Waals surface area contributed by atoms with Gasteiger partial charge in [0.15, 0.2) is 5.17 Å². The molecule has 1 aliphatic rings. The number of anilines is 1. The maximum absolute atomic E-state index is 12.4. The molecule has 1 aliphatic heterocycles. The molecule has 0 bridgehead atoms. The Labute approximate surface area is 156 Å². The van der Waals surface area contributed by atoms with E-state index in [4.69, 9.17) is 4.42 Å². The van der Waals surface area contributed by atoms with Crippen LogP contribution < -0.4 is 10.6 Å². The first kappa shape index (κ1) is 17.4. The number of furan rings is 1. The first-order valence-electron chi connectivity index (χ1n) is 7.27. The lowest BCUT2D eigenvalue weighted by Crippen LogP contribution is -2.41. The molecule has 0 saturated carbocycles. The van der Waals surface area contributed by atoms with E-state index in [0.717, 1.165) is 16.2 Å². The van der Waals surface area contributed by atoms with Gasteiger partial charge in [-0.3, -0.25) is 9.59 Å². The van der Waals surface area contributed by atoms with Crippen molar-refractivity contribution in [3.63, 3.8) is 0 Å². The predicted octanol–water partition coefficient (Wildman–Crippen LogP) is 2.99. The van der Waals surface area contributed by atoms with Gasteiger partial charge in [-0.25, -0.2) is 0 Å². The minimum atomic E-state index is -0.574. The van der Waals surface area contributed by atoms with Gasteiger partial charge in [-0.2, -0.15) is 5.10 Å². The van der Waals surface area contributed by atoms with Crippen LogP contribution >= 0.6 is 27.7 Å². The number of carbonyl (C=O) groups is 2. The van der Waals surface area contributed by atoms with Crippen molar-refractivity contribution in [1.29, 1.82) is 0 Å². The predicted molar refractivity (Wildman–Crippen MR) is 101 cm³/mol. The first-order valence-corrected chi connectivity index (χ1v) is 8.95. The summed E-state index contributed by atoms with van der Waals surface area (Å²) in [5, 5.41) is 12.9. The quantitative estimate of drug-likeness (QED) is 0.586. The molecule has 1 aromatic heterocycles.